The third kappa shape index (κ3) is 4.00. The van der Waals surface area contributed by atoms with E-state index in [1.807, 2.05) is 6.07 Å². The molecule has 2 saturated heterocycles. The summed E-state index contributed by atoms with van der Waals surface area (Å²) in [6.45, 7) is 1.05. The minimum absolute atomic E-state index is 0.0141. The van der Waals surface area contributed by atoms with Crippen molar-refractivity contribution in [2.45, 2.75) is 36.9 Å². The van der Waals surface area contributed by atoms with Gasteiger partial charge in [-0.1, -0.05) is 12.1 Å². The zero-order chi connectivity index (χ0) is 25.1. The first-order valence-corrected chi connectivity index (χ1v) is 12.2. The second-order valence-electron chi connectivity index (χ2n) is 10.1. The molecule has 2 saturated carbocycles. The molecule has 2 aromatic rings. The van der Waals surface area contributed by atoms with Crippen LogP contribution in [0.1, 0.15) is 35.3 Å². The molecule has 1 amide bonds. The van der Waals surface area contributed by atoms with E-state index in [1.54, 1.807) is 23.1 Å². The van der Waals surface area contributed by atoms with E-state index in [1.165, 1.54) is 19.2 Å². The van der Waals surface area contributed by atoms with Crippen molar-refractivity contribution in [2.75, 3.05) is 33.6 Å². The summed E-state index contributed by atoms with van der Waals surface area (Å²) in [6.07, 6.45) is -0.123. The summed E-state index contributed by atoms with van der Waals surface area (Å²) in [5.41, 5.74) is 0.0912. The highest BCUT2D eigenvalue weighted by Gasteiger charge is 2.63. The number of hydrogen-bond donors (Lipinski definition) is 0. The lowest BCUT2D eigenvalue weighted by Gasteiger charge is -2.41. The van der Waals surface area contributed by atoms with Gasteiger partial charge in [0, 0.05) is 25.8 Å². The molecule has 7 nitrogen and oxygen atoms in total. The van der Waals surface area contributed by atoms with E-state index in [2.05, 4.69) is 4.98 Å². The quantitative estimate of drug-likeness (QED) is 0.592. The molecule has 0 radical (unpaired) electrons. The second-order valence-corrected chi connectivity index (χ2v) is 10.1. The summed E-state index contributed by atoms with van der Waals surface area (Å²) in [6, 6.07) is 9.48. The Bertz CT molecular complexity index is 1170. The molecular formula is C26H27F3N2O5. The van der Waals surface area contributed by atoms with Crippen molar-refractivity contribution in [1.82, 2.24) is 9.88 Å². The Labute approximate surface area is 206 Å². The molecule has 1 aromatic carbocycles. The maximum Gasteiger partial charge on any atom is 0.272 e. The highest BCUT2D eigenvalue weighted by Crippen LogP contribution is 2.62. The summed E-state index contributed by atoms with van der Waals surface area (Å²) < 4.78 is 63.6. The van der Waals surface area contributed by atoms with Gasteiger partial charge >= 0.3 is 0 Å². The third-order valence-corrected chi connectivity index (χ3v) is 8.09. The van der Waals surface area contributed by atoms with Gasteiger partial charge in [-0.2, -0.15) is 0 Å². The predicted molar refractivity (Wildman–Crippen MR) is 120 cm³/mol. The fraction of sp³-hybridized carbons (Fsp3) is 0.538. The van der Waals surface area contributed by atoms with Gasteiger partial charge in [0.15, 0.2) is 5.75 Å². The molecule has 4 atom stereocenters. The normalized spacial score (nSPS) is 32.1. The monoisotopic (exact) mass is 504 g/mol. The molecule has 2 aliphatic carbocycles. The fourth-order valence-electron chi connectivity index (χ4n) is 6.13. The summed E-state index contributed by atoms with van der Waals surface area (Å²) >= 11 is 0. The second kappa shape index (κ2) is 8.62. The van der Waals surface area contributed by atoms with Gasteiger partial charge in [0.1, 0.15) is 30.0 Å². The lowest BCUT2D eigenvalue weighted by molar-refractivity contribution is -0.0441. The number of fused-ring (bicyclic) bond motifs is 2. The Morgan fingerprint density at radius 2 is 2.03 bits per heavy atom. The number of rotatable bonds is 6. The van der Waals surface area contributed by atoms with Crippen molar-refractivity contribution in [1.29, 1.82) is 0 Å². The zero-order valence-electron chi connectivity index (χ0n) is 19.8. The highest BCUT2D eigenvalue weighted by atomic mass is 19.3. The van der Waals surface area contributed by atoms with Gasteiger partial charge in [-0.05, 0) is 47.6 Å². The van der Waals surface area contributed by atoms with E-state index in [9.17, 15) is 18.0 Å². The molecule has 0 spiro atoms. The van der Waals surface area contributed by atoms with Crippen LogP contribution >= 0.6 is 0 Å². The molecule has 2 aliphatic heterocycles. The van der Waals surface area contributed by atoms with Gasteiger partial charge in [0.25, 0.3) is 11.8 Å². The van der Waals surface area contributed by atoms with E-state index >= 15 is 0 Å². The first-order valence-electron chi connectivity index (χ1n) is 12.2. The van der Waals surface area contributed by atoms with Gasteiger partial charge in [-0.25, -0.2) is 18.2 Å². The number of methoxy groups -OCH3 is 1. The van der Waals surface area contributed by atoms with Crippen molar-refractivity contribution in [2.24, 2.45) is 17.8 Å². The lowest BCUT2D eigenvalue weighted by Crippen LogP contribution is -2.53. The van der Waals surface area contributed by atoms with Crippen LogP contribution in [0.15, 0.2) is 36.4 Å². The van der Waals surface area contributed by atoms with Crippen LogP contribution in [0, 0.1) is 23.6 Å². The Hall–Kier alpha value is -2.85. The van der Waals surface area contributed by atoms with Crippen LogP contribution in [0.2, 0.25) is 0 Å². The number of nitrogens with zero attached hydrogens (tertiary/aromatic N) is 2. The number of pyridine rings is 1. The molecule has 10 heteroatoms. The summed E-state index contributed by atoms with van der Waals surface area (Å²) in [5, 5.41) is 0. The Balaban J connectivity index is 1.12. The van der Waals surface area contributed by atoms with Crippen LogP contribution in [0.25, 0.3) is 0 Å². The summed E-state index contributed by atoms with van der Waals surface area (Å²) in [4.78, 5) is 19.3. The highest BCUT2D eigenvalue weighted by molar-refractivity contribution is 5.92. The van der Waals surface area contributed by atoms with Crippen LogP contribution < -0.4 is 9.47 Å². The van der Waals surface area contributed by atoms with Crippen molar-refractivity contribution >= 4 is 5.91 Å². The Kier molecular flexibility index (Phi) is 5.64. The molecule has 192 valence electrons. The zero-order valence-corrected chi connectivity index (χ0v) is 19.8. The minimum atomic E-state index is -2.55. The Morgan fingerprint density at radius 1 is 1.22 bits per heavy atom. The molecule has 1 aromatic heterocycles. The smallest absolute Gasteiger partial charge is 0.272 e. The van der Waals surface area contributed by atoms with Gasteiger partial charge in [0.2, 0.25) is 5.92 Å². The number of carbonyl (C=O) groups excluding carboxylic acids is 1. The Morgan fingerprint density at radius 3 is 2.78 bits per heavy atom. The van der Waals surface area contributed by atoms with Crippen LogP contribution in [0.4, 0.5) is 13.2 Å². The summed E-state index contributed by atoms with van der Waals surface area (Å²) in [5.74, 6) is -2.49. The molecular weight excluding hydrogens is 477 g/mol. The molecule has 3 unspecified atom stereocenters. The molecule has 36 heavy (non-hydrogen) atoms. The van der Waals surface area contributed by atoms with E-state index in [4.69, 9.17) is 18.9 Å². The van der Waals surface area contributed by atoms with Gasteiger partial charge in [0.05, 0.1) is 20.3 Å². The number of piperidine rings is 1. The lowest BCUT2D eigenvalue weighted by atomic mass is 9.82. The number of alkyl halides is 2. The number of hydrogen-bond acceptors (Lipinski definition) is 6. The van der Waals surface area contributed by atoms with Gasteiger partial charge in [-0.3, -0.25) is 4.79 Å². The van der Waals surface area contributed by atoms with Gasteiger partial charge < -0.3 is 23.8 Å². The molecule has 0 bridgehead atoms. The number of aromatic nitrogens is 1. The molecule has 0 N–H and O–H groups in total. The number of halogens is 3. The first-order chi connectivity index (χ1) is 17.3. The number of ether oxygens (including phenoxy) is 4. The standard InChI is InChI=1S/C26H27F3N2O5/c1-33-23-21(34-13-19-17-10-25(28,29)11-18(17)19)6-5-20(30-23)24(32)31-8-7-26(22(12-31)35-14-36-26)15-3-2-4-16(27)9-15/h2-6,9,17-19,22H,7-8,10-14H2,1H3/t17?,18?,19?,22?,26-/m1/s1. The van der Waals surface area contributed by atoms with E-state index in [0.29, 0.717) is 30.9 Å². The van der Waals surface area contributed by atoms with Crippen molar-refractivity contribution < 1.29 is 36.9 Å². The average Bonchev–Trinajstić information content (AvgIpc) is 3.19. The predicted octanol–water partition coefficient (Wildman–Crippen LogP) is 4.01. The summed E-state index contributed by atoms with van der Waals surface area (Å²) in [7, 11) is 1.44. The minimum Gasteiger partial charge on any atom is -0.488 e. The SMILES string of the molecule is COc1nc(C(=O)N2CC[C@]3(c4cccc(F)c4)OCOC3C2)ccc1OCC1C2CC(F)(F)CC12. The maximum absolute atomic E-state index is 13.9. The molecule has 6 rings (SSSR count). The molecule has 4 fully saturated rings. The van der Waals surface area contributed by atoms with E-state index in [0.717, 1.165) is 0 Å². The molecule has 3 heterocycles. The number of likely N-dealkylation sites (tertiary alicyclic amines) is 1. The van der Waals surface area contributed by atoms with Crippen LogP contribution in [-0.4, -0.2) is 61.4 Å². The fourth-order valence-corrected chi connectivity index (χ4v) is 6.13. The molecule has 4 aliphatic rings. The topological polar surface area (TPSA) is 70.1 Å². The first kappa shape index (κ1) is 23.5. The average molecular weight is 505 g/mol. The van der Waals surface area contributed by atoms with Crippen molar-refractivity contribution in [3.8, 4) is 11.6 Å². The maximum atomic E-state index is 13.9. The van der Waals surface area contributed by atoms with Crippen LogP contribution in [-0.2, 0) is 15.1 Å². The van der Waals surface area contributed by atoms with Crippen molar-refractivity contribution in [3.63, 3.8) is 0 Å². The van der Waals surface area contributed by atoms with E-state index in [-0.39, 0.29) is 67.2 Å². The largest absolute Gasteiger partial charge is 0.488 e. The number of carbonyl (C=O) groups is 1. The van der Waals surface area contributed by atoms with E-state index < -0.39 is 17.6 Å². The van der Waals surface area contributed by atoms with Crippen LogP contribution in [0.5, 0.6) is 11.6 Å². The number of benzene rings is 1. The third-order valence-electron chi connectivity index (χ3n) is 8.09. The van der Waals surface area contributed by atoms with Crippen molar-refractivity contribution in [3.05, 3.63) is 53.5 Å². The van der Waals surface area contributed by atoms with Gasteiger partial charge in [-0.15, -0.1) is 0 Å². The number of amides is 1. The van der Waals surface area contributed by atoms with Crippen LogP contribution in [0.3, 0.4) is 0 Å².